The predicted octanol–water partition coefficient (Wildman–Crippen LogP) is 2.77. The second-order valence-corrected chi connectivity index (χ2v) is 7.76. The van der Waals surface area contributed by atoms with Crippen molar-refractivity contribution in [3.8, 4) is 23.0 Å². The largest absolute Gasteiger partial charge is 0.454 e. The van der Waals surface area contributed by atoms with Gasteiger partial charge in [-0.2, -0.15) is 4.52 Å². The molecule has 4 aromatic rings. The molecule has 0 saturated carbocycles. The number of fused-ring (bicyclic) bond motifs is 3. The summed E-state index contributed by atoms with van der Waals surface area (Å²) >= 11 is 0. The van der Waals surface area contributed by atoms with Crippen molar-refractivity contribution in [2.24, 2.45) is 0 Å². The molecule has 0 unspecified atom stereocenters. The van der Waals surface area contributed by atoms with E-state index in [9.17, 15) is 4.79 Å². The Kier molecular flexibility index (Phi) is 4.98. The Bertz CT molecular complexity index is 1390. The minimum absolute atomic E-state index is 0.146. The SMILES string of the molecule is O=C(CCc1nnc2ccc(NCc3ccc4c(c3)OCO4)nn12)Nc1ccc2c(c1)OCO2. The van der Waals surface area contributed by atoms with Crippen molar-refractivity contribution in [3.63, 3.8) is 0 Å². The smallest absolute Gasteiger partial charge is 0.231 e. The van der Waals surface area contributed by atoms with Crippen LogP contribution in [0, 0.1) is 0 Å². The van der Waals surface area contributed by atoms with Gasteiger partial charge in [0.25, 0.3) is 0 Å². The number of rotatable bonds is 7. The molecule has 34 heavy (non-hydrogen) atoms. The second kappa shape index (κ2) is 8.43. The molecule has 2 N–H and O–H groups in total. The number of carbonyl (C=O) groups is 1. The standard InChI is InChI=1S/C23H20N6O5/c30-23(25-15-2-4-17-19(10-15)34-13-32-17)8-7-22-27-26-21-6-5-20(28-29(21)22)24-11-14-1-3-16-18(9-14)33-12-31-16/h1-6,9-10H,7-8,11-13H2,(H,24,28)(H,25,30). The first kappa shape index (κ1) is 20.1. The van der Waals surface area contributed by atoms with Crippen LogP contribution < -0.4 is 29.6 Å². The van der Waals surface area contributed by atoms with E-state index in [0.29, 0.717) is 47.4 Å². The van der Waals surface area contributed by atoms with Crippen molar-refractivity contribution in [1.29, 1.82) is 0 Å². The fourth-order valence-corrected chi connectivity index (χ4v) is 3.75. The molecule has 0 aliphatic carbocycles. The first-order valence-corrected chi connectivity index (χ1v) is 10.7. The zero-order valence-electron chi connectivity index (χ0n) is 18.0. The molecule has 2 aromatic heterocycles. The molecule has 0 atom stereocenters. The first-order chi connectivity index (χ1) is 16.7. The van der Waals surface area contributed by atoms with E-state index < -0.39 is 0 Å². The van der Waals surface area contributed by atoms with Crippen LogP contribution in [0.15, 0.2) is 48.5 Å². The third-order valence-electron chi connectivity index (χ3n) is 5.47. The van der Waals surface area contributed by atoms with Crippen LogP contribution in [0.2, 0.25) is 0 Å². The monoisotopic (exact) mass is 460 g/mol. The van der Waals surface area contributed by atoms with Gasteiger partial charge >= 0.3 is 0 Å². The quantitative estimate of drug-likeness (QED) is 0.429. The van der Waals surface area contributed by atoms with Crippen molar-refractivity contribution < 1.29 is 23.7 Å². The Balaban J connectivity index is 1.09. The van der Waals surface area contributed by atoms with Gasteiger partial charge < -0.3 is 29.6 Å². The highest BCUT2D eigenvalue weighted by Gasteiger charge is 2.16. The number of benzene rings is 2. The van der Waals surface area contributed by atoms with Crippen LogP contribution in [0.1, 0.15) is 17.8 Å². The second-order valence-electron chi connectivity index (χ2n) is 7.76. The molecular formula is C23H20N6O5. The van der Waals surface area contributed by atoms with E-state index in [1.807, 2.05) is 30.3 Å². The van der Waals surface area contributed by atoms with Gasteiger partial charge in [0.1, 0.15) is 5.82 Å². The number of aromatic nitrogens is 4. The van der Waals surface area contributed by atoms with Crippen LogP contribution in [0.3, 0.4) is 0 Å². The van der Waals surface area contributed by atoms with Crippen molar-refractivity contribution in [2.75, 3.05) is 24.2 Å². The Morgan fingerprint density at radius 1 is 0.882 bits per heavy atom. The summed E-state index contributed by atoms with van der Waals surface area (Å²) in [4.78, 5) is 12.5. The van der Waals surface area contributed by atoms with Gasteiger partial charge in [-0.05, 0) is 42.0 Å². The fourth-order valence-electron chi connectivity index (χ4n) is 3.75. The lowest BCUT2D eigenvalue weighted by Gasteiger charge is -2.08. The van der Waals surface area contributed by atoms with E-state index in [1.165, 1.54) is 0 Å². The van der Waals surface area contributed by atoms with E-state index in [2.05, 4.69) is 25.9 Å². The molecule has 6 rings (SSSR count). The van der Waals surface area contributed by atoms with E-state index in [1.54, 1.807) is 22.7 Å². The van der Waals surface area contributed by atoms with Gasteiger partial charge in [-0.3, -0.25) is 4.79 Å². The Morgan fingerprint density at radius 2 is 1.65 bits per heavy atom. The van der Waals surface area contributed by atoms with Crippen molar-refractivity contribution in [3.05, 3.63) is 59.9 Å². The van der Waals surface area contributed by atoms with Crippen LogP contribution in [-0.2, 0) is 17.8 Å². The average Bonchev–Trinajstić information content (AvgIpc) is 3.60. The highest BCUT2D eigenvalue weighted by Crippen LogP contribution is 2.34. The first-order valence-electron chi connectivity index (χ1n) is 10.7. The predicted molar refractivity (Wildman–Crippen MR) is 120 cm³/mol. The summed E-state index contributed by atoms with van der Waals surface area (Å²) in [6, 6.07) is 14.8. The molecule has 0 spiro atoms. The molecule has 2 aromatic carbocycles. The minimum Gasteiger partial charge on any atom is -0.454 e. The van der Waals surface area contributed by atoms with Crippen molar-refractivity contribution in [1.82, 2.24) is 19.8 Å². The molecule has 1 amide bonds. The maximum atomic E-state index is 12.5. The number of nitrogens with zero attached hydrogens (tertiary/aromatic N) is 4. The molecule has 0 saturated heterocycles. The molecule has 172 valence electrons. The number of aryl methyl sites for hydroxylation is 1. The number of hydrogen-bond donors (Lipinski definition) is 2. The molecule has 4 heterocycles. The summed E-state index contributed by atoms with van der Waals surface area (Å²) in [5.74, 6) is 3.89. The summed E-state index contributed by atoms with van der Waals surface area (Å²) in [6.45, 7) is 0.993. The van der Waals surface area contributed by atoms with E-state index in [-0.39, 0.29) is 25.9 Å². The highest BCUT2D eigenvalue weighted by atomic mass is 16.7. The molecule has 2 aliphatic rings. The zero-order chi connectivity index (χ0) is 22.9. The van der Waals surface area contributed by atoms with Crippen LogP contribution in [0.25, 0.3) is 5.65 Å². The van der Waals surface area contributed by atoms with Gasteiger partial charge in [-0.15, -0.1) is 15.3 Å². The van der Waals surface area contributed by atoms with Gasteiger partial charge in [-0.1, -0.05) is 6.07 Å². The Morgan fingerprint density at radius 3 is 2.50 bits per heavy atom. The molecule has 11 heteroatoms. The number of anilines is 2. The summed E-state index contributed by atoms with van der Waals surface area (Å²) in [5.41, 5.74) is 2.30. The Hall–Kier alpha value is -4.54. The average molecular weight is 460 g/mol. The van der Waals surface area contributed by atoms with E-state index in [0.717, 1.165) is 17.1 Å². The van der Waals surface area contributed by atoms with Crippen LogP contribution >= 0.6 is 0 Å². The van der Waals surface area contributed by atoms with Crippen molar-refractivity contribution >= 4 is 23.1 Å². The Labute approximate surface area is 193 Å². The maximum Gasteiger partial charge on any atom is 0.231 e. The summed E-state index contributed by atoms with van der Waals surface area (Å²) in [7, 11) is 0. The summed E-state index contributed by atoms with van der Waals surface area (Å²) in [6.07, 6.45) is 0.613. The van der Waals surface area contributed by atoms with Gasteiger partial charge in [0, 0.05) is 31.1 Å². The minimum atomic E-state index is -0.146. The number of hydrogen-bond acceptors (Lipinski definition) is 9. The number of amides is 1. The highest BCUT2D eigenvalue weighted by molar-refractivity contribution is 5.91. The van der Waals surface area contributed by atoms with E-state index in [4.69, 9.17) is 18.9 Å². The van der Waals surface area contributed by atoms with Crippen LogP contribution in [-0.4, -0.2) is 39.3 Å². The topological polar surface area (TPSA) is 121 Å². The molecule has 0 fully saturated rings. The van der Waals surface area contributed by atoms with Crippen LogP contribution in [0.4, 0.5) is 11.5 Å². The van der Waals surface area contributed by atoms with E-state index >= 15 is 0 Å². The van der Waals surface area contributed by atoms with Gasteiger partial charge in [0.15, 0.2) is 34.5 Å². The lowest BCUT2D eigenvalue weighted by atomic mass is 10.2. The molecule has 2 aliphatic heterocycles. The van der Waals surface area contributed by atoms with Crippen LogP contribution in [0.5, 0.6) is 23.0 Å². The lowest BCUT2D eigenvalue weighted by molar-refractivity contribution is -0.116. The molecule has 0 bridgehead atoms. The molecule has 11 nitrogen and oxygen atoms in total. The lowest BCUT2D eigenvalue weighted by Crippen LogP contribution is -2.13. The molecular weight excluding hydrogens is 440 g/mol. The molecule has 0 radical (unpaired) electrons. The van der Waals surface area contributed by atoms with Gasteiger partial charge in [0.2, 0.25) is 19.5 Å². The van der Waals surface area contributed by atoms with Gasteiger partial charge in [-0.25, -0.2) is 0 Å². The maximum absolute atomic E-state index is 12.5. The summed E-state index contributed by atoms with van der Waals surface area (Å²) in [5, 5.41) is 19.1. The van der Waals surface area contributed by atoms with Gasteiger partial charge in [0.05, 0.1) is 0 Å². The van der Waals surface area contributed by atoms with Crippen molar-refractivity contribution in [2.45, 2.75) is 19.4 Å². The number of carbonyl (C=O) groups excluding carboxylic acids is 1. The third-order valence-corrected chi connectivity index (χ3v) is 5.47. The fraction of sp³-hybridized carbons (Fsp3) is 0.217. The number of ether oxygens (including phenoxy) is 4. The number of nitrogens with one attached hydrogen (secondary N) is 2. The normalized spacial score (nSPS) is 13.3. The third kappa shape index (κ3) is 3.98. The summed E-state index contributed by atoms with van der Waals surface area (Å²) < 4.78 is 23.1. The zero-order valence-corrected chi connectivity index (χ0v) is 18.0.